The maximum atomic E-state index is 6.25. The summed E-state index contributed by atoms with van der Waals surface area (Å²) >= 11 is 8.14. The Kier molecular flexibility index (Phi) is 6.81. The lowest BCUT2D eigenvalue weighted by Gasteiger charge is -2.40. The minimum atomic E-state index is 0.204. The van der Waals surface area contributed by atoms with E-state index in [4.69, 9.17) is 21.6 Å². The minimum absolute atomic E-state index is 0.204. The molecule has 0 saturated carbocycles. The molecular formula is C33H31ClN4S. The Morgan fingerprint density at radius 3 is 2.21 bits per heavy atom. The summed E-state index contributed by atoms with van der Waals surface area (Å²) in [6, 6.07) is 30.0. The normalized spacial score (nSPS) is 16.5. The third kappa shape index (κ3) is 4.95. The Labute approximate surface area is 238 Å². The summed E-state index contributed by atoms with van der Waals surface area (Å²) in [7, 11) is 0. The molecule has 7 rings (SSSR count). The van der Waals surface area contributed by atoms with Crippen molar-refractivity contribution in [2.75, 3.05) is 31.1 Å². The van der Waals surface area contributed by atoms with Crippen molar-refractivity contribution in [2.24, 2.45) is 0 Å². The number of halogens is 1. The van der Waals surface area contributed by atoms with Crippen molar-refractivity contribution in [1.82, 2.24) is 14.9 Å². The molecule has 2 aromatic heterocycles. The van der Waals surface area contributed by atoms with E-state index in [1.165, 1.54) is 50.2 Å². The van der Waals surface area contributed by atoms with Gasteiger partial charge in [0.1, 0.15) is 16.5 Å². The molecule has 4 nitrogen and oxygen atoms in total. The molecule has 1 unspecified atom stereocenters. The lowest BCUT2D eigenvalue weighted by molar-refractivity contribution is 0.212. The number of piperazine rings is 1. The fourth-order valence-corrected chi connectivity index (χ4v) is 7.59. The van der Waals surface area contributed by atoms with Crippen LogP contribution in [-0.2, 0) is 19.3 Å². The van der Waals surface area contributed by atoms with Gasteiger partial charge >= 0.3 is 0 Å². The fourth-order valence-electron chi connectivity index (χ4n) is 6.19. The molecule has 6 heteroatoms. The Morgan fingerprint density at radius 2 is 1.46 bits per heavy atom. The predicted molar refractivity (Wildman–Crippen MR) is 162 cm³/mol. The van der Waals surface area contributed by atoms with E-state index >= 15 is 0 Å². The van der Waals surface area contributed by atoms with Crippen LogP contribution in [0.15, 0.2) is 84.9 Å². The zero-order valence-electron chi connectivity index (χ0n) is 21.9. The molecule has 0 N–H and O–H groups in total. The van der Waals surface area contributed by atoms with Gasteiger partial charge in [0, 0.05) is 42.5 Å². The van der Waals surface area contributed by atoms with Crippen LogP contribution in [0.5, 0.6) is 0 Å². The number of benzene rings is 3. The molecule has 1 aliphatic carbocycles. The van der Waals surface area contributed by atoms with Crippen molar-refractivity contribution in [1.29, 1.82) is 0 Å². The molecule has 196 valence electrons. The fraction of sp³-hybridized carbons (Fsp3) is 0.273. The number of anilines is 1. The second-order valence-corrected chi connectivity index (χ2v) is 12.1. The smallest absolute Gasteiger partial charge is 0.141 e. The summed E-state index contributed by atoms with van der Waals surface area (Å²) in [6.45, 7) is 3.82. The van der Waals surface area contributed by atoms with Gasteiger partial charge in [-0.25, -0.2) is 9.97 Å². The molecule has 1 fully saturated rings. The highest BCUT2D eigenvalue weighted by molar-refractivity contribution is 7.19. The molecular weight excluding hydrogens is 520 g/mol. The van der Waals surface area contributed by atoms with E-state index in [1.54, 1.807) is 0 Å². The average molecular weight is 551 g/mol. The zero-order chi connectivity index (χ0) is 26.2. The third-order valence-electron chi connectivity index (χ3n) is 8.08. The second-order valence-electron chi connectivity index (χ2n) is 10.6. The van der Waals surface area contributed by atoms with Crippen LogP contribution >= 0.6 is 22.9 Å². The monoisotopic (exact) mass is 550 g/mol. The molecule has 1 atom stereocenters. The Morgan fingerprint density at radius 1 is 0.769 bits per heavy atom. The van der Waals surface area contributed by atoms with Crippen LogP contribution in [0.2, 0.25) is 5.02 Å². The van der Waals surface area contributed by atoms with Gasteiger partial charge in [-0.3, -0.25) is 4.90 Å². The number of aryl methyl sites for hydroxylation is 2. The van der Waals surface area contributed by atoms with E-state index in [0.29, 0.717) is 0 Å². The minimum Gasteiger partial charge on any atom is -0.353 e. The quantitative estimate of drug-likeness (QED) is 0.221. The van der Waals surface area contributed by atoms with Crippen LogP contribution in [0.1, 0.15) is 45.4 Å². The van der Waals surface area contributed by atoms with Gasteiger partial charge in [0.2, 0.25) is 0 Å². The number of fused-ring (bicyclic) bond motifs is 3. The Bertz CT molecular complexity index is 1580. The van der Waals surface area contributed by atoms with Gasteiger partial charge < -0.3 is 4.90 Å². The first-order chi connectivity index (χ1) is 19.2. The summed E-state index contributed by atoms with van der Waals surface area (Å²) < 4.78 is 0. The number of aromatic nitrogens is 2. The van der Waals surface area contributed by atoms with Crippen molar-refractivity contribution in [3.63, 3.8) is 0 Å². The van der Waals surface area contributed by atoms with Crippen LogP contribution in [0.4, 0.5) is 5.82 Å². The third-order valence-corrected chi connectivity index (χ3v) is 9.51. The number of thiophene rings is 1. The van der Waals surface area contributed by atoms with Crippen LogP contribution in [-0.4, -0.2) is 41.0 Å². The van der Waals surface area contributed by atoms with E-state index in [1.807, 2.05) is 23.5 Å². The zero-order valence-corrected chi connectivity index (χ0v) is 23.5. The average Bonchev–Trinajstić information content (AvgIpc) is 3.57. The molecule has 0 bridgehead atoms. The van der Waals surface area contributed by atoms with Gasteiger partial charge in [-0.1, -0.05) is 84.4 Å². The first-order valence-electron chi connectivity index (χ1n) is 13.9. The largest absolute Gasteiger partial charge is 0.353 e. The van der Waals surface area contributed by atoms with Crippen molar-refractivity contribution >= 4 is 39.0 Å². The van der Waals surface area contributed by atoms with Gasteiger partial charge in [0.05, 0.1) is 11.4 Å². The number of hydrogen-bond acceptors (Lipinski definition) is 5. The predicted octanol–water partition coefficient (Wildman–Crippen LogP) is 7.34. The Balaban J connectivity index is 1.20. The SMILES string of the molecule is Clc1ccc(C(c2ccccc2)N2CCN(c3nc(Cc4ccccc4)nc4sc5c(c34)CCC5)CC2)cc1. The lowest BCUT2D eigenvalue weighted by Crippen LogP contribution is -2.48. The molecule has 1 aliphatic heterocycles. The van der Waals surface area contributed by atoms with Gasteiger partial charge in [-0.05, 0) is 53.6 Å². The highest BCUT2D eigenvalue weighted by atomic mass is 35.5. The summed E-state index contributed by atoms with van der Waals surface area (Å²) in [5.41, 5.74) is 5.36. The van der Waals surface area contributed by atoms with Crippen molar-refractivity contribution in [3.8, 4) is 0 Å². The standard InChI is InChI=1S/C33H31ClN4S/c34-26-16-14-25(15-17-26)31(24-10-5-2-6-11-24)37-18-20-38(21-19-37)32-30-27-12-7-13-28(27)39-33(30)36-29(35-32)22-23-8-3-1-4-9-23/h1-6,8-11,14-17,31H,7,12-13,18-22H2. The Hall–Kier alpha value is -3.25. The second kappa shape index (κ2) is 10.7. The molecule has 0 amide bonds. The van der Waals surface area contributed by atoms with Crippen LogP contribution in [0.3, 0.4) is 0 Å². The molecule has 1 saturated heterocycles. The number of hydrogen-bond donors (Lipinski definition) is 0. The van der Waals surface area contributed by atoms with Gasteiger partial charge in [-0.15, -0.1) is 11.3 Å². The first kappa shape index (κ1) is 24.8. The van der Waals surface area contributed by atoms with Crippen molar-refractivity contribution in [2.45, 2.75) is 31.7 Å². The molecule has 3 heterocycles. The van der Waals surface area contributed by atoms with E-state index in [-0.39, 0.29) is 6.04 Å². The van der Waals surface area contributed by atoms with E-state index in [0.717, 1.165) is 55.7 Å². The summed E-state index contributed by atoms with van der Waals surface area (Å²) in [5.74, 6) is 2.07. The maximum Gasteiger partial charge on any atom is 0.141 e. The topological polar surface area (TPSA) is 32.3 Å². The van der Waals surface area contributed by atoms with Gasteiger partial charge in [0.15, 0.2) is 0 Å². The molecule has 2 aliphatic rings. The molecule has 0 spiro atoms. The molecule has 39 heavy (non-hydrogen) atoms. The first-order valence-corrected chi connectivity index (χ1v) is 15.1. The highest BCUT2D eigenvalue weighted by Crippen LogP contribution is 2.41. The van der Waals surface area contributed by atoms with Crippen LogP contribution < -0.4 is 4.90 Å². The molecule has 3 aromatic carbocycles. The number of rotatable bonds is 6. The van der Waals surface area contributed by atoms with Crippen LogP contribution in [0, 0.1) is 0 Å². The van der Waals surface area contributed by atoms with Crippen molar-refractivity contribution in [3.05, 3.63) is 123 Å². The van der Waals surface area contributed by atoms with Crippen molar-refractivity contribution < 1.29 is 0 Å². The maximum absolute atomic E-state index is 6.25. The molecule has 0 radical (unpaired) electrons. The summed E-state index contributed by atoms with van der Waals surface area (Å²) in [5, 5.41) is 2.09. The van der Waals surface area contributed by atoms with E-state index in [2.05, 4.69) is 82.6 Å². The van der Waals surface area contributed by atoms with Crippen LogP contribution in [0.25, 0.3) is 10.2 Å². The van der Waals surface area contributed by atoms with E-state index < -0.39 is 0 Å². The summed E-state index contributed by atoms with van der Waals surface area (Å²) in [4.78, 5) is 18.1. The lowest BCUT2D eigenvalue weighted by atomic mass is 9.96. The van der Waals surface area contributed by atoms with Gasteiger partial charge in [-0.2, -0.15) is 0 Å². The van der Waals surface area contributed by atoms with E-state index in [9.17, 15) is 0 Å². The molecule has 5 aromatic rings. The highest BCUT2D eigenvalue weighted by Gasteiger charge is 2.30. The van der Waals surface area contributed by atoms with Gasteiger partial charge in [0.25, 0.3) is 0 Å². The summed E-state index contributed by atoms with van der Waals surface area (Å²) in [6.07, 6.45) is 4.34. The number of nitrogens with zero attached hydrogens (tertiary/aromatic N) is 4.